The molecule has 0 radical (unpaired) electrons. The Kier molecular flexibility index (Phi) is 5.45. The molecule has 0 unspecified atom stereocenters. The van der Waals surface area contributed by atoms with Gasteiger partial charge >= 0.3 is 0 Å². The monoisotopic (exact) mass is 414 g/mol. The van der Waals surface area contributed by atoms with Gasteiger partial charge in [-0.2, -0.15) is 5.10 Å². The number of nitrogens with zero attached hydrogens (tertiary/aromatic N) is 2. The van der Waals surface area contributed by atoms with E-state index in [9.17, 15) is 9.59 Å². The van der Waals surface area contributed by atoms with Gasteiger partial charge in [0, 0.05) is 11.6 Å². The Morgan fingerprint density at radius 2 is 1.93 bits per heavy atom. The summed E-state index contributed by atoms with van der Waals surface area (Å²) in [6.07, 6.45) is 6.21. The highest BCUT2D eigenvalue weighted by Crippen LogP contribution is 2.31. The molecule has 2 N–H and O–H groups in total. The molecule has 1 aliphatic rings. The first-order chi connectivity index (χ1) is 13.6. The predicted octanol–water partition coefficient (Wildman–Crippen LogP) is 5.22. The van der Waals surface area contributed by atoms with Crippen LogP contribution >= 0.6 is 22.9 Å². The maximum Gasteiger partial charge on any atom is 0.265 e. The standard InChI is InChI=1S/C20H19ClN4O2S/c21-15-8-7-13(12-16(15)23-20(27)17-6-3-11-28-17)19(26)24-18-9-10-22-25(18)14-4-1-2-5-14/h3,6-12,14H,1-2,4-5H2,(H,23,27)(H,24,26). The molecule has 1 fully saturated rings. The molecule has 28 heavy (non-hydrogen) atoms. The zero-order chi connectivity index (χ0) is 19.5. The van der Waals surface area contributed by atoms with Crippen molar-refractivity contribution in [1.82, 2.24) is 9.78 Å². The van der Waals surface area contributed by atoms with Crippen LogP contribution < -0.4 is 10.6 Å². The second-order valence-corrected chi connectivity index (χ2v) is 8.03. The lowest BCUT2D eigenvalue weighted by molar-refractivity contribution is 0.101. The SMILES string of the molecule is O=C(Nc1ccnn1C1CCCC1)c1ccc(Cl)c(NC(=O)c2cccs2)c1. The van der Waals surface area contributed by atoms with Crippen LogP contribution in [-0.2, 0) is 0 Å². The first-order valence-electron chi connectivity index (χ1n) is 9.11. The summed E-state index contributed by atoms with van der Waals surface area (Å²) in [5.74, 6) is 0.146. The molecule has 2 heterocycles. The number of thiophene rings is 1. The van der Waals surface area contributed by atoms with Gasteiger partial charge in [-0.25, -0.2) is 4.68 Å². The Hall–Kier alpha value is -2.64. The average Bonchev–Trinajstić information content (AvgIpc) is 3.45. The summed E-state index contributed by atoms with van der Waals surface area (Å²) in [4.78, 5) is 25.6. The molecule has 144 valence electrons. The van der Waals surface area contributed by atoms with Gasteiger partial charge in [-0.1, -0.05) is 30.5 Å². The van der Waals surface area contributed by atoms with E-state index in [2.05, 4.69) is 15.7 Å². The lowest BCUT2D eigenvalue weighted by Crippen LogP contribution is -2.18. The lowest BCUT2D eigenvalue weighted by atomic mass is 10.2. The van der Waals surface area contributed by atoms with Crippen LogP contribution in [0.25, 0.3) is 0 Å². The van der Waals surface area contributed by atoms with E-state index in [1.54, 1.807) is 42.6 Å². The van der Waals surface area contributed by atoms with Gasteiger partial charge in [-0.3, -0.25) is 9.59 Å². The molecular weight excluding hydrogens is 396 g/mol. The minimum Gasteiger partial charge on any atom is -0.320 e. The Bertz CT molecular complexity index is 994. The maximum atomic E-state index is 12.8. The van der Waals surface area contributed by atoms with Crippen LogP contribution in [0, 0.1) is 0 Å². The Morgan fingerprint density at radius 1 is 1.11 bits per heavy atom. The fraction of sp³-hybridized carbons (Fsp3) is 0.250. The highest BCUT2D eigenvalue weighted by molar-refractivity contribution is 7.12. The second-order valence-electron chi connectivity index (χ2n) is 6.68. The van der Waals surface area contributed by atoms with Crippen LogP contribution in [0.5, 0.6) is 0 Å². The quantitative estimate of drug-likeness (QED) is 0.601. The molecule has 0 spiro atoms. The molecule has 1 aliphatic carbocycles. The van der Waals surface area contributed by atoms with Crippen molar-refractivity contribution in [3.05, 3.63) is 63.4 Å². The van der Waals surface area contributed by atoms with E-state index in [4.69, 9.17) is 11.6 Å². The summed E-state index contributed by atoms with van der Waals surface area (Å²) < 4.78 is 1.89. The number of halogens is 1. The van der Waals surface area contributed by atoms with Crippen LogP contribution in [0.2, 0.25) is 5.02 Å². The van der Waals surface area contributed by atoms with Crippen LogP contribution in [0.1, 0.15) is 51.8 Å². The van der Waals surface area contributed by atoms with Crippen molar-refractivity contribution >= 4 is 46.3 Å². The maximum absolute atomic E-state index is 12.8. The van der Waals surface area contributed by atoms with Crippen molar-refractivity contribution in [3.8, 4) is 0 Å². The van der Waals surface area contributed by atoms with Gasteiger partial charge in [0.1, 0.15) is 5.82 Å². The van der Waals surface area contributed by atoms with Crippen molar-refractivity contribution in [3.63, 3.8) is 0 Å². The van der Waals surface area contributed by atoms with E-state index in [0.29, 0.717) is 33.0 Å². The van der Waals surface area contributed by atoms with E-state index in [1.165, 1.54) is 24.2 Å². The minimum absolute atomic E-state index is 0.256. The zero-order valence-electron chi connectivity index (χ0n) is 15.0. The van der Waals surface area contributed by atoms with E-state index < -0.39 is 0 Å². The predicted molar refractivity (Wildman–Crippen MR) is 111 cm³/mol. The van der Waals surface area contributed by atoms with Crippen LogP contribution in [-0.4, -0.2) is 21.6 Å². The van der Waals surface area contributed by atoms with E-state index in [0.717, 1.165) is 12.8 Å². The number of amides is 2. The molecule has 1 saturated carbocycles. The van der Waals surface area contributed by atoms with Gasteiger partial charge in [0.15, 0.2) is 0 Å². The number of anilines is 2. The van der Waals surface area contributed by atoms with Crippen molar-refractivity contribution in [2.24, 2.45) is 0 Å². The van der Waals surface area contributed by atoms with Gasteiger partial charge in [0.05, 0.1) is 27.8 Å². The van der Waals surface area contributed by atoms with Crippen LogP contribution in [0.3, 0.4) is 0 Å². The molecule has 0 bridgehead atoms. The molecule has 0 saturated heterocycles. The first-order valence-corrected chi connectivity index (χ1v) is 10.4. The van der Waals surface area contributed by atoms with Gasteiger partial charge in [-0.15, -0.1) is 11.3 Å². The Balaban J connectivity index is 1.51. The average molecular weight is 415 g/mol. The number of benzene rings is 1. The Labute approximate surface area is 171 Å². The summed E-state index contributed by atoms with van der Waals surface area (Å²) in [5.41, 5.74) is 0.807. The molecule has 3 aromatic rings. The van der Waals surface area contributed by atoms with Gasteiger partial charge < -0.3 is 10.6 Å². The molecule has 2 amide bonds. The normalized spacial score (nSPS) is 14.2. The third kappa shape index (κ3) is 3.95. The molecule has 4 rings (SSSR count). The fourth-order valence-corrected chi connectivity index (χ4v) is 4.18. The number of carbonyl (C=O) groups is 2. The smallest absolute Gasteiger partial charge is 0.265 e. The summed E-state index contributed by atoms with van der Waals surface area (Å²) >= 11 is 7.54. The second kappa shape index (κ2) is 8.16. The minimum atomic E-state index is -0.275. The lowest BCUT2D eigenvalue weighted by Gasteiger charge is -2.15. The van der Waals surface area contributed by atoms with Gasteiger partial charge in [-0.05, 0) is 42.5 Å². The highest BCUT2D eigenvalue weighted by Gasteiger charge is 2.21. The number of aromatic nitrogens is 2. The van der Waals surface area contributed by atoms with E-state index >= 15 is 0 Å². The first kappa shape index (κ1) is 18.7. The molecule has 0 atom stereocenters. The van der Waals surface area contributed by atoms with Gasteiger partial charge in [0.2, 0.25) is 0 Å². The van der Waals surface area contributed by atoms with E-state index in [1.807, 2.05) is 10.1 Å². The third-order valence-electron chi connectivity index (χ3n) is 4.80. The fourth-order valence-electron chi connectivity index (χ4n) is 3.40. The van der Waals surface area contributed by atoms with E-state index in [-0.39, 0.29) is 11.8 Å². The summed E-state index contributed by atoms with van der Waals surface area (Å²) in [6, 6.07) is 10.5. The molecular formula is C20H19ClN4O2S. The number of rotatable bonds is 5. The van der Waals surface area contributed by atoms with Crippen molar-refractivity contribution < 1.29 is 9.59 Å². The number of carbonyl (C=O) groups excluding carboxylic acids is 2. The molecule has 0 aliphatic heterocycles. The molecule has 6 nitrogen and oxygen atoms in total. The molecule has 1 aromatic carbocycles. The number of hydrogen-bond donors (Lipinski definition) is 2. The zero-order valence-corrected chi connectivity index (χ0v) is 16.6. The van der Waals surface area contributed by atoms with Crippen LogP contribution in [0.15, 0.2) is 48.0 Å². The van der Waals surface area contributed by atoms with Crippen molar-refractivity contribution in [2.75, 3.05) is 10.6 Å². The van der Waals surface area contributed by atoms with Crippen molar-refractivity contribution in [1.29, 1.82) is 0 Å². The van der Waals surface area contributed by atoms with Gasteiger partial charge in [0.25, 0.3) is 11.8 Å². The highest BCUT2D eigenvalue weighted by atomic mass is 35.5. The van der Waals surface area contributed by atoms with Crippen LogP contribution in [0.4, 0.5) is 11.5 Å². The topological polar surface area (TPSA) is 76.0 Å². The largest absolute Gasteiger partial charge is 0.320 e. The van der Waals surface area contributed by atoms with Crippen molar-refractivity contribution in [2.45, 2.75) is 31.7 Å². The number of nitrogens with one attached hydrogen (secondary N) is 2. The summed E-state index contributed by atoms with van der Waals surface area (Å²) in [5, 5.41) is 12.3. The third-order valence-corrected chi connectivity index (χ3v) is 6.00. The summed E-state index contributed by atoms with van der Waals surface area (Å²) in [7, 11) is 0. The number of hydrogen-bond acceptors (Lipinski definition) is 4. The summed E-state index contributed by atoms with van der Waals surface area (Å²) in [6.45, 7) is 0. The molecule has 2 aromatic heterocycles. The Morgan fingerprint density at radius 3 is 2.68 bits per heavy atom. The molecule has 8 heteroatoms.